The van der Waals surface area contributed by atoms with Crippen molar-refractivity contribution < 1.29 is 34.6 Å². The zero-order valence-corrected chi connectivity index (χ0v) is 22.0. The normalized spacial score (nSPS) is 28.8. The van der Waals surface area contributed by atoms with Gasteiger partial charge in [-0.2, -0.15) is 0 Å². The van der Waals surface area contributed by atoms with Crippen LogP contribution in [0, 0.1) is 13.8 Å². The van der Waals surface area contributed by atoms with Gasteiger partial charge in [0, 0.05) is 0 Å². The topological polar surface area (TPSA) is 109 Å². The highest BCUT2D eigenvalue weighted by atomic mass is 16.6. The van der Waals surface area contributed by atoms with Gasteiger partial charge in [-0.05, 0) is 72.7 Å². The number of aryl methyl sites for hydroxylation is 2. The number of aliphatic hydroxyl groups excluding tert-OH is 4. The van der Waals surface area contributed by atoms with Crippen LogP contribution in [0.3, 0.4) is 0 Å². The summed E-state index contributed by atoms with van der Waals surface area (Å²) in [6.45, 7) is 6.73. The number of rotatable bonds is 7. The minimum Gasteiger partial charge on any atom is -0.490 e. The maximum Gasteiger partial charge on any atom is 0.125 e. The van der Waals surface area contributed by atoms with Gasteiger partial charge >= 0.3 is 0 Å². The summed E-state index contributed by atoms with van der Waals surface area (Å²) in [4.78, 5) is 0. The molecule has 2 heterocycles. The number of hydrogen-bond donors (Lipinski definition) is 4. The van der Waals surface area contributed by atoms with Crippen LogP contribution >= 0.6 is 0 Å². The molecular formula is C31H36O7. The van der Waals surface area contributed by atoms with E-state index in [1.807, 2.05) is 49.4 Å². The van der Waals surface area contributed by atoms with E-state index in [2.05, 4.69) is 32.0 Å². The zero-order valence-electron chi connectivity index (χ0n) is 22.0. The van der Waals surface area contributed by atoms with Gasteiger partial charge in [0.2, 0.25) is 0 Å². The highest BCUT2D eigenvalue weighted by Gasteiger charge is 2.44. The second kappa shape index (κ2) is 10.8. The van der Waals surface area contributed by atoms with Crippen LogP contribution in [0.1, 0.15) is 52.0 Å². The molecule has 0 spiro atoms. The van der Waals surface area contributed by atoms with Gasteiger partial charge in [0.15, 0.2) is 0 Å². The third-order valence-corrected chi connectivity index (χ3v) is 7.80. The Bertz CT molecular complexity index is 1270. The lowest BCUT2D eigenvalue weighted by molar-refractivity contribution is -0.231. The Morgan fingerprint density at radius 2 is 1.68 bits per heavy atom. The van der Waals surface area contributed by atoms with Gasteiger partial charge in [0.25, 0.3) is 0 Å². The molecule has 5 rings (SSSR count). The maximum atomic E-state index is 10.5. The molecule has 3 aromatic rings. The molecule has 1 unspecified atom stereocenters. The molecule has 0 aromatic heterocycles. The van der Waals surface area contributed by atoms with Crippen LogP contribution in [-0.4, -0.2) is 58.1 Å². The van der Waals surface area contributed by atoms with Crippen LogP contribution in [0.15, 0.2) is 60.7 Å². The monoisotopic (exact) mass is 520 g/mol. The smallest absolute Gasteiger partial charge is 0.125 e. The van der Waals surface area contributed by atoms with Gasteiger partial charge < -0.3 is 34.6 Å². The summed E-state index contributed by atoms with van der Waals surface area (Å²) in [7, 11) is 0. The van der Waals surface area contributed by atoms with E-state index >= 15 is 0 Å². The predicted molar refractivity (Wildman–Crippen MR) is 142 cm³/mol. The van der Waals surface area contributed by atoms with Crippen LogP contribution in [0.4, 0.5) is 0 Å². The number of hydrogen-bond acceptors (Lipinski definition) is 7. The Labute approximate surface area is 223 Å². The quantitative estimate of drug-likeness (QED) is 0.379. The Morgan fingerprint density at radius 1 is 0.921 bits per heavy atom. The molecule has 1 saturated heterocycles. The predicted octanol–water partition coefficient (Wildman–Crippen LogP) is 3.23. The van der Waals surface area contributed by atoms with Crippen LogP contribution in [-0.2, 0) is 28.1 Å². The van der Waals surface area contributed by atoms with E-state index in [1.165, 1.54) is 16.7 Å². The highest BCUT2D eigenvalue weighted by molar-refractivity contribution is 5.40. The third-order valence-electron chi connectivity index (χ3n) is 7.80. The van der Waals surface area contributed by atoms with Crippen LogP contribution in [0.5, 0.6) is 5.75 Å². The Morgan fingerprint density at radius 3 is 2.42 bits per heavy atom. The fraction of sp³-hybridized carbons (Fsp3) is 0.419. The van der Waals surface area contributed by atoms with Crippen molar-refractivity contribution in [2.45, 2.75) is 69.9 Å². The maximum absolute atomic E-state index is 10.5. The van der Waals surface area contributed by atoms with Crippen molar-refractivity contribution in [2.24, 2.45) is 0 Å². The summed E-state index contributed by atoms with van der Waals surface area (Å²) in [6, 6.07) is 20.1. The van der Waals surface area contributed by atoms with Crippen LogP contribution in [0.25, 0.3) is 0 Å². The zero-order chi connectivity index (χ0) is 27.0. The first-order valence-electron chi connectivity index (χ1n) is 13.0. The summed E-state index contributed by atoms with van der Waals surface area (Å²) in [5.41, 5.74) is 7.04. The molecule has 7 nitrogen and oxygen atoms in total. The Hall–Kier alpha value is -2.78. The molecule has 2 aliphatic rings. The molecule has 202 valence electrons. The second-order valence-electron chi connectivity index (χ2n) is 10.7. The molecule has 0 amide bonds. The standard InChI is InChI=1S/C31H36O7/c1-18-4-11-25-23(12-18)16-37-31(25,3)17-36-24-9-6-20(7-10-24)13-22-14-21(8-5-19(22)2)30-29(35)28(34)27(33)26(15-32)38-30/h4-12,14,26-30,32-35H,13,15-17H2,1-3H3/t26-,27-,28+,29-,30+,31?/m1/s1. The van der Waals surface area contributed by atoms with Crippen molar-refractivity contribution in [3.63, 3.8) is 0 Å². The molecule has 2 aliphatic heterocycles. The minimum atomic E-state index is -1.40. The summed E-state index contributed by atoms with van der Waals surface area (Å²) in [6.07, 6.45) is -5.22. The van der Waals surface area contributed by atoms with Gasteiger partial charge in [-0.3, -0.25) is 0 Å². The average Bonchev–Trinajstić information content (AvgIpc) is 3.24. The molecular weight excluding hydrogens is 484 g/mol. The summed E-state index contributed by atoms with van der Waals surface area (Å²) >= 11 is 0. The van der Waals surface area contributed by atoms with Crippen LogP contribution < -0.4 is 4.74 Å². The first-order chi connectivity index (χ1) is 18.2. The van der Waals surface area contributed by atoms with Crippen molar-refractivity contribution in [2.75, 3.05) is 13.2 Å². The summed E-state index contributed by atoms with van der Waals surface area (Å²) < 4.78 is 18.0. The molecule has 38 heavy (non-hydrogen) atoms. The Kier molecular flexibility index (Phi) is 7.60. The molecule has 0 radical (unpaired) electrons. The van der Waals surface area contributed by atoms with E-state index in [1.54, 1.807) is 0 Å². The van der Waals surface area contributed by atoms with Crippen molar-refractivity contribution in [3.05, 3.63) is 99.6 Å². The van der Waals surface area contributed by atoms with Gasteiger partial charge in [0.05, 0.1) is 13.2 Å². The van der Waals surface area contributed by atoms with Crippen molar-refractivity contribution in [3.8, 4) is 5.75 Å². The van der Waals surface area contributed by atoms with E-state index in [4.69, 9.17) is 14.2 Å². The fourth-order valence-corrected chi connectivity index (χ4v) is 5.37. The van der Waals surface area contributed by atoms with E-state index in [0.29, 0.717) is 25.2 Å². The van der Waals surface area contributed by atoms with E-state index < -0.39 is 42.7 Å². The molecule has 0 aliphatic carbocycles. The molecule has 1 fully saturated rings. The number of aliphatic hydroxyl groups is 4. The summed E-state index contributed by atoms with van der Waals surface area (Å²) in [5, 5.41) is 40.3. The van der Waals surface area contributed by atoms with Gasteiger partial charge in [-0.25, -0.2) is 0 Å². The van der Waals surface area contributed by atoms with E-state index in [0.717, 1.165) is 22.4 Å². The molecule has 0 bridgehead atoms. The van der Waals surface area contributed by atoms with Gasteiger partial charge in [0.1, 0.15) is 48.5 Å². The number of fused-ring (bicyclic) bond motifs is 1. The fourth-order valence-electron chi connectivity index (χ4n) is 5.37. The van der Waals surface area contributed by atoms with Gasteiger partial charge in [-0.15, -0.1) is 0 Å². The van der Waals surface area contributed by atoms with E-state index in [-0.39, 0.29) is 0 Å². The SMILES string of the molecule is Cc1ccc2c(c1)COC2(C)COc1ccc(Cc2cc([C@@H]3O[C@H](CO)[C@@H](O)[C@H](O)[C@H]3O)ccc2C)cc1. The molecule has 4 N–H and O–H groups in total. The average molecular weight is 521 g/mol. The third kappa shape index (κ3) is 5.23. The molecule has 7 heteroatoms. The number of benzene rings is 3. The molecule has 3 aromatic carbocycles. The first kappa shape index (κ1) is 26.8. The minimum absolute atomic E-state index is 0.419. The van der Waals surface area contributed by atoms with E-state index in [9.17, 15) is 20.4 Å². The largest absolute Gasteiger partial charge is 0.490 e. The van der Waals surface area contributed by atoms with Crippen molar-refractivity contribution in [1.29, 1.82) is 0 Å². The summed E-state index contributed by atoms with van der Waals surface area (Å²) in [5.74, 6) is 0.769. The highest BCUT2D eigenvalue weighted by Crippen LogP contribution is 2.37. The lowest BCUT2D eigenvalue weighted by atomic mass is 9.89. The number of ether oxygens (including phenoxy) is 3. The van der Waals surface area contributed by atoms with Crippen LogP contribution in [0.2, 0.25) is 0 Å². The lowest BCUT2D eigenvalue weighted by Crippen LogP contribution is -2.55. The van der Waals surface area contributed by atoms with Crippen molar-refractivity contribution in [1.82, 2.24) is 0 Å². The Balaban J connectivity index is 1.26. The van der Waals surface area contributed by atoms with Crippen molar-refractivity contribution >= 4 is 0 Å². The second-order valence-corrected chi connectivity index (χ2v) is 10.7. The van der Waals surface area contributed by atoms with Gasteiger partial charge in [-0.1, -0.05) is 54.1 Å². The lowest BCUT2D eigenvalue weighted by Gasteiger charge is -2.40. The molecule has 0 saturated carbocycles. The first-order valence-corrected chi connectivity index (χ1v) is 13.0. The molecule has 6 atom stereocenters.